The van der Waals surface area contributed by atoms with Crippen molar-refractivity contribution in [3.63, 3.8) is 0 Å². The lowest BCUT2D eigenvalue weighted by atomic mass is 10.1. The fourth-order valence-electron chi connectivity index (χ4n) is 3.21. The van der Waals surface area contributed by atoms with Crippen LogP contribution in [0.1, 0.15) is 31.5 Å². The highest BCUT2D eigenvalue weighted by Crippen LogP contribution is 2.19. The molecule has 26 heavy (non-hydrogen) atoms. The zero-order valence-electron chi connectivity index (χ0n) is 15.1. The number of hydrogen-bond acceptors (Lipinski definition) is 5. The smallest absolute Gasteiger partial charge is 0.226 e. The summed E-state index contributed by atoms with van der Waals surface area (Å²) in [5.41, 5.74) is 1.77. The number of nitrogens with one attached hydrogen (secondary N) is 1. The number of nitrogens with zero attached hydrogens (tertiary/aromatic N) is 2. The van der Waals surface area contributed by atoms with Gasteiger partial charge in [-0.15, -0.1) is 11.3 Å². The van der Waals surface area contributed by atoms with Crippen molar-refractivity contribution in [2.24, 2.45) is 0 Å². The number of thiazole rings is 1. The molecule has 5 nitrogen and oxygen atoms in total. The summed E-state index contributed by atoms with van der Waals surface area (Å²) in [6.45, 7) is 6.68. The maximum absolute atomic E-state index is 13.2. The molecule has 1 amide bonds. The third kappa shape index (κ3) is 5.59. The van der Waals surface area contributed by atoms with E-state index in [9.17, 15) is 9.18 Å². The van der Waals surface area contributed by atoms with E-state index in [-0.39, 0.29) is 23.9 Å². The van der Waals surface area contributed by atoms with E-state index in [1.807, 2.05) is 11.4 Å². The Morgan fingerprint density at radius 3 is 2.88 bits per heavy atom. The molecular weight excluding hydrogens is 353 g/mol. The molecule has 1 N–H and O–H groups in total. The first-order valence-corrected chi connectivity index (χ1v) is 9.72. The van der Waals surface area contributed by atoms with Crippen molar-refractivity contribution in [2.45, 2.75) is 45.4 Å². The van der Waals surface area contributed by atoms with Gasteiger partial charge in [0.05, 0.1) is 17.9 Å². The molecule has 0 bridgehead atoms. The van der Waals surface area contributed by atoms with Crippen LogP contribution in [0.2, 0.25) is 0 Å². The minimum atomic E-state index is -0.278. The minimum absolute atomic E-state index is 0.108. The molecule has 2 atom stereocenters. The average Bonchev–Trinajstić information content (AvgIpc) is 2.99. The molecule has 0 saturated carbocycles. The van der Waals surface area contributed by atoms with E-state index in [0.717, 1.165) is 30.9 Å². The fraction of sp³-hybridized carbons (Fsp3) is 0.474. The Labute approximate surface area is 157 Å². The topological polar surface area (TPSA) is 54.5 Å². The van der Waals surface area contributed by atoms with Crippen LogP contribution in [-0.4, -0.2) is 41.1 Å². The molecule has 2 aromatic rings. The van der Waals surface area contributed by atoms with Crippen molar-refractivity contribution in [3.05, 3.63) is 46.7 Å². The highest BCUT2D eigenvalue weighted by molar-refractivity contribution is 7.13. The van der Waals surface area contributed by atoms with Crippen LogP contribution < -0.4 is 5.32 Å². The maximum Gasteiger partial charge on any atom is 0.226 e. The van der Waals surface area contributed by atoms with Gasteiger partial charge in [-0.1, -0.05) is 12.1 Å². The summed E-state index contributed by atoms with van der Waals surface area (Å²) in [4.78, 5) is 18.9. The van der Waals surface area contributed by atoms with Crippen LogP contribution in [0.15, 0.2) is 29.6 Å². The van der Waals surface area contributed by atoms with Crippen LogP contribution in [-0.2, 0) is 22.5 Å². The Morgan fingerprint density at radius 1 is 1.38 bits per heavy atom. The van der Waals surface area contributed by atoms with Crippen LogP contribution in [0.5, 0.6) is 0 Å². The lowest BCUT2D eigenvalue weighted by Crippen LogP contribution is -2.44. The van der Waals surface area contributed by atoms with Crippen LogP contribution >= 0.6 is 11.3 Å². The molecule has 0 radical (unpaired) electrons. The highest BCUT2D eigenvalue weighted by Gasteiger charge is 2.22. The number of rotatable bonds is 6. The van der Waals surface area contributed by atoms with Gasteiger partial charge in [-0.25, -0.2) is 9.37 Å². The first-order valence-electron chi connectivity index (χ1n) is 8.84. The summed E-state index contributed by atoms with van der Waals surface area (Å²) in [7, 11) is 0. The number of halogens is 1. The van der Waals surface area contributed by atoms with Crippen molar-refractivity contribution in [3.8, 4) is 0 Å². The Kier molecular flexibility index (Phi) is 6.34. The molecular formula is C19H24FN3O2S. The van der Waals surface area contributed by atoms with E-state index in [4.69, 9.17) is 4.74 Å². The molecule has 1 aliphatic heterocycles. The molecule has 7 heteroatoms. The highest BCUT2D eigenvalue weighted by atomic mass is 32.1. The first kappa shape index (κ1) is 18.9. The molecule has 2 heterocycles. The van der Waals surface area contributed by atoms with E-state index in [1.54, 1.807) is 6.07 Å². The summed E-state index contributed by atoms with van der Waals surface area (Å²) < 4.78 is 18.9. The molecule has 1 aromatic heterocycles. The third-order valence-electron chi connectivity index (χ3n) is 4.21. The van der Waals surface area contributed by atoms with E-state index in [0.29, 0.717) is 18.0 Å². The fourth-order valence-corrected chi connectivity index (χ4v) is 3.93. The third-order valence-corrected chi connectivity index (χ3v) is 5.02. The van der Waals surface area contributed by atoms with Crippen molar-refractivity contribution in [1.29, 1.82) is 0 Å². The molecule has 140 valence electrons. The van der Waals surface area contributed by atoms with E-state index in [2.05, 4.69) is 29.0 Å². The maximum atomic E-state index is 13.2. The Bertz CT molecular complexity index is 742. The summed E-state index contributed by atoms with van der Waals surface area (Å²) in [6.07, 6.45) is 1.25. The van der Waals surface area contributed by atoms with Crippen LogP contribution in [0, 0.1) is 5.82 Å². The van der Waals surface area contributed by atoms with Crippen LogP contribution in [0.4, 0.5) is 9.52 Å². The Hall–Kier alpha value is -1.83. The second-order valence-corrected chi connectivity index (χ2v) is 7.63. The first-order chi connectivity index (χ1) is 12.5. The van der Waals surface area contributed by atoms with Gasteiger partial charge in [0.15, 0.2) is 5.13 Å². The van der Waals surface area contributed by atoms with Gasteiger partial charge in [-0.05, 0) is 38.0 Å². The number of hydrogen-bond donors (Lipinski definition) is 1. The standard InChI is InChI=1S/C19H24FN3O2S/c1-13-9-23(10-14(2)25-13)11-17-12-26-19(21-17)22-18(24)7-6-15-4-3-5-16(20)8-15/h3-5,8,12-14H,6-7,9-11H2,1-2H3,(H,21,22,24). The average molecular weight is 377 g/mol. The SMILES string of the molecule is CC1CN(Cc2csc(NC(=O)CCc3cccc(F)c3)n2)CC(C)O1. The largest absolute Gasteiger partial charge is 0.373 e. The Morgan fingerprint density at radius 2 is 2.15 bits per heavy atom. The van der Waals surface area contributed by atoms with Crippen molar-refractivity contribution in [2.75, 3.05) is 18.4 Å². The number of benzene rings is 1. The van der Waals surface area contributed by atoms with Gasteiger partial charge in [-0.3, -0.25) is 9.69 Å². The van der Waals surface area contributed by atoms with Gasteiger partial charge in [0.1, 0.15) is 5.82 Å². The second-order valence-electron chi connectivity index (χ2n) is 6.77. The van der Waals surface area contributed by atoms with E-state index in [1.165, 1.54) is 23.5 Å². The number of carbonyl (C=O) groups is 1. The van der Waals surface area contributed by atoms with Crippen molar-refractivity contribution < 1.29 is 13.9 Å². The van der Waals surface area contributed by atoms with Gasteiger partial charge in [0.2, 0.25) is 5.91 Å². The molecule has 1 fully saturated rings. The van der Waals surface area contributed by atoms with Gasteiger partial charge in [-0.2, -0.15) is 0 Å². The molecule has 1 saturated heterocycles. The molecule has 1 aliphatic rings. The minimum Gasteiger partial charge on any atom is -0.373 e. The predicted molar refractivity (Wildman–Crippen MR) is 101 cm³/mol. The summed E-state index contributed by atoms with van der Waals surface area (Å²) in [5, 5.41) is 5.42. The molecule has 0 spiro atoms. The van der Waals surface area contributed by atoms with E-state index < -0.39 is 0 Å². The second kappa shape index (κ2) is 8.70. The molecule has 2 unspecified atom stereocenters. The Balaban J connectivity index is 1.47. The number of aryl methyl sites for hydroxylation is 1. The van der Waals surface area contributed by atoms with Crippen LogP contribution in [0.25, 0.3) is 0 Å². The van der Waals surface area contributed by atoms with Gasteiger partial charge < -0.3 is 10.1 Å². The van der Waals surface area contributed by atoms with Gasteiger partial charge in [0, 0.05) is 31.4 Å². The lowest BCUT2D eigenvalue weighted by Gasteiger charge is -2.34. The quantitative estimate of drug-likeness (QED) is 0.838. The molecule has 1 aromatic carbocycles. The molecule has 3 rings (SSSR count). The van der Waals surface area contributed by atoms with Gasteiger partial charge >= 0.3 is 0 Å². The predicted octanol–water partition coefficient (Wildman–Crippen LogP) is 3.46. The lowest BCUT2D eigenvalue weighted by molar-refractivity contribution is -0.116. The normalized spacial score (nSPS) is 20.9. The summed E-state index contributed by atoms with van der Waals surface area (Å²) >= 11 is 1.43. The number of amides is 1. The molecule has 0 aliphatic carbocycles. The van der Waals surface area contributed by atoms with Crippen molar-refractivity contribution in [1.82, 2.24) is 9.88 Å². The number of anilines is 1. The van der Waals surface area contributed by atoms with Crippen molar-refractivity contribution >= 4 is 22.4 Å². The number of carbonyl (C=O) groups excluding carboxylic acids is 1. The zero-order chi connectivity index (χ0) is 18.5. The number of ether oxygens (including phenoxy) is 1. The van der Waals surface area contributed by atoms with E-state index >= 15 is 0 Å². The number of morpholine rings is 1. The summed E-state index contributed by atoms with van der Waals surface area (Å²) in [6, 6.07) is 6.33. The zero-order valence-corrected chi connectivity index (χ0v) is 15.9. The van der Waals surface area contributed by atoms with Crippen LogP contribution in [0.3, 0.4) is 0 Å². The van der Waals surface area contributed by atoms with Gasteiger partial charge in [0.25, 0.3) is 0 Å². The monoisotopic (exact) mass is 377 g/mol. The summed E-state index contributed by atoms with van der Waals surface area (Å²) in [5.74, 6) is -0.386. The number of aromatic nitrogens is 1.